The summed E-state index contributed by atoms with van der Waals surface area (Å²) < 4.78 is 6.08. The standard InChI is InChI=1S/C46H20B8O/c47-39-35-33(26-15-14-22-18-23(12-13-24(22)19-26)25-16-17-32-30(20-25)28-9-3-4-11-31(28)55-32)36-38(42(50)46(54)44(52)40(36)48)34(37(35)41(49)45(53)43(39)51)29-10-5-7-21-6-1-2-8-27(21)29/h1-20H. The minimum absolute atomic E-state index is 0.178. The molecule has 0 aliphatic rings. The molecule has 0 saturated carbocycles. The van der Waals surface area contributed by atoms with E-state index in [1.807, 2.05) is 72.8 Å². The van der Waals surface area contributed by atoms with Crippen LogP contribution in [0.2, 0.25) is 0 Å². The van der Waals surface area contributed by atoms with Gasteiger partial charge in [-0.15, -0.1) is 21.9 Å². The van der Waals surface area contributed by atoms with Crippen LogP contribution in [0.25, 0.3) is 98.4 Å². The first-order valence-electron chi connectivity index (χ1n) is 17.8. The van der Waals surface area contributed by atoms with Gasteiger partial charge in [0.05, 0.1) is 0 Å². The normalized spacial score (nSPS) is 11.9. The number of hydrogen-bond acceptors (Lipinski definition) is 1. The van der Waals surface area contributed by atoms with Gasteiger partial charge in [0.15, 0.2) is 0 Å². The van der Waals surface area contributed by atoms with Gasteiger partial charge in [-0.2, -0.15) is 0 Å². The summed E-state index contributed by atoms with van der Waals surface area (Å²) in [4.78, 5) is 0. The summed E-state index contributed by atoms with van der Waals surface area (Å²) in [5.74, 6) is 0. The summed E-state index contributed by atoms with van der Waals surface area (Å²) in [5.41, 5.74) is 8.68. The third-order valence-electron chi connectivity index (χ3n) is 11.2. The predicted molar refractivity (Wildman–Crippen MR) is 243 cm³/mol. The molecule has 0 amide bonds. The van der Waals surface area contributed by atoms with Gasteiger partial charge in [0, 0.05) is 10.8 Å². The highest BCUT2D eigenvalue weighted by molar-refractivity contribution is 6.71. The molecule has 1 aromatic heterocycles. The molecule has 55 heavy (non-hydrogen) atoms. The molecule has 0 aliphatic heterocycles. The lowest BCUT2D eigenvalue weighted by molar-refractivity contribution is 0.669. The van der Waals surface area contributed by atoms with Crippen molar-refractivity contribution in [3.8, 4) is 33.4 Å². The van der Waals surface area contributed by atoms with E-state index in [1.54, 1.807) is 0 Å². The summed E-state index contributed by atoms with van der Waals surface area (Å²) in [5, 5.41) is 8.52. The van der Waals surface area contributed by atoms with Crippen molar-refractivity contribution in [1.29, 1.82) is 0 Å². The van der Waals surface area contributed by atoms with Crippen LogP contribution in [0.1, 0.15) is 0 Å². The molecule has 16 radical (unpaired) electrons. The second-order valence-electron chi connectivity index (χ2n) is 14.2. The Balaban J connectivity index is 1.28. The van der Waals surface area contributed by atoms with Crippen molar-refractivity contribution in [2.75, 3.05) is 0 Å². The van der Waals surface area contributed by atoms with Crippen LogP contribution in [-0.4, -0.2) is 62.8 Å². The maximum Gasteiger partial charge on any atom is 0.135 e. The summed E-state index contributed by atoms with van der Waals surface area (Å²) in [6.07, 6.45) is 0. The molecule has 10 rings (SSSR count). The summed E-state index contributed by atoms with van der Waals surface area (Å²) in [6.45, 7) is 0. The largest absolute Gasteiger partial charge is 0.456 e. The molecule has 0 bridgehead atoms. The van der Waals surface area contributed by atoms with E-state index in [0.29, 0.717) is 32.7 Å². The Hall–Kier alpha value is -5.66. The number of hydrogen-bond donors (Lipinski definition) is 0. The zero-order valence-corrected chi connectivity index (χ0v) is 29.6. The molecule has 234 valence electrons. The van der Waals surface area contributed by atoms with Crippen LogP contribution in [-0.2, 0) is 0 Å². The van der Waals surface area contributed by atoms with Gasteiger partial charge in [-0.1, -0.05) is 113 Å². The number of furan rings is 1. The SMILES string of the molecule is [B]c1c([B])c([B])c2c(-c3cccc4ccccc34)c3c([B])c([B])c([B])c([B])c3c(-c3ccc4cc(-c5ccc6oc7ccccc7c6c5)ccc4c3)c2c1[B]. The average molecular weight is 675 g/mol. The van der Waals surface area contributed by atoms with Crippen LogP contribution < -0.4 is 43.7 Å². The molecule has 9 aromatic carbocycles. The summed E-state index contributed by atoms with van der Waals surface area (Å²) in [6, 6.07) is 41.1. The van der Waals surface area contributed by atoms with Crippen LogP contribution >= 0.6 is 0 Å². The van der Waals surface area contributed by atoms with Crippen molar-refractivity contribution in [2.45, 2.75) is 0 Å². The van der Waals surface area contributed by atoms with Gasteiger partial charge in [-0.05, 0) is 107 Å². The Labute approximate surface area is 329 Å². The minimum atomic E-state index is 0.178. The first kappa shape index (κ1) is 33.9. The molecule has 0 spiro atoms. The number of para-hydroxylation sites is 1. The first-order chi connectivity index (χ1) is 26.6. The van der Waals surface area contributed by atoms with Crippen LogP contribution in [0.3, 0.4) is 0 Å². The predicted octanol–water partition coefficient (Wildman–Crippen LogP) is 3.55. The average Bonchev–Trinajstić information content (AvgIpc) is 3.60. The van der Waals surface area contributed by atoms with Crippen LogP contribution in [0, 0.1) is 0 Å². The van der Waals surface area contributed by atoms with Crippen LogP contribution in [0.5, 0.6) is 0 Å². The minimum Gasteiger partial charge on any atom is -0.456 e. The summed E-state index contributed by atoms with van der Waals surface area (Å²) >= 11 is 0. The Morgan fingerprint density at radius 1 is 0.309 bits per heavy atom. The number of rotatable bonds is 3. The lowest BCUT2D eigenvalue weighted by atomic mass is 9.59. The maximum absolute atomic E-state index is 7.00. The molecule has 10 aromatic rings. The van der Waals surface area contributed by atoms with E-state index in [4.69, 9.17) is 67.2 Å². The van der Waals surface area contributed by atoms with Crippen LogP contribution in [0.4, 0.5) is 0 Å². The third-order valence-corrected chi connectivity index (χ3v) is 11.2. The highest BCUT2D eigenvalue weighted by Crippen LogP contribution is 2.43. The second kappa shape index (κ2) is 12.4. The van der Waals surface area contributed by atoms with Gasteiger partial charge in [0.25, 0.3) is 0 Å². The molecule has 0 unspecified atom stereocenters. The molecule has 0 atom stereocenters. The fourth-order valence-electron chi connectivity index (χ4n) is 8.43. The number of fused-ring (bicyclic) bond motifs is 7. The van der Waals surface area contributed by atoms with Crippen LogP contribution in [0.15, 0.2) is 126 Å². The molecule has 0 fully saturated rings. The molecule has 0 saturated heterocycles. The third kappa shape index (κ3) is 4.91. The van der Waals surface area contributed by atoms with Gasteiger partial charge < -0.3 is 4.42 Å². The monoisotopic (exact) mass is 676 g/mol. The van der Waals surface area contributed by atoms with Gasteiger partial charge in [-0.3, -0.25) is 0 Å². The number of benzene rings is 9. The fraction of sp³-hybridized carbons (Fsp3) is 0. The fourth-order valence-corrected chi connectivity index (χ4v) is 8.43. The van der Waals surface area contributed by atoms with Gasteiger partial charge in [0.2, 0.25) is 0 Å². The van der Waals surface area contributed by atoms with Crippen molar-refractivity contribution >= 4 is 172 Å². The van der Waals surface area contributed by atoms with E-state index in [9.17, 15) is 0 Å². The topological polar surface area (TPSA) is 13.1 Å². The van der Waals surface area contributed by atoms with E-state index >= 15 is 0 Å². The molecular weight excluding hydrogens is 655 g/mol. The maximum atomic E-state index is 7.00. The molecular formula is C46H20B8O. The lowest BCUT2D eigenvalue weighted by Gasteiger charge is -2.29. The van der Waals surface area contributed by atoms with E-state index in [-0.39, 0.29) is 43.7 Å². The summed E-state index contributed by atoms with van der Waals surface area (Å²) in [7, 11) is 54.5. The van der Waals surface area contributed by atoms with Crippen molar-refractivity contribution < 1.29 is 4.42 Å². The van der Waals surface area contributed by atoms with E-state index in [1.165, 1.54) is 0 Å². The lowest BCUT2D eigenvalue weighted by Crippen LogP contribution is -2.50. The van der Waals surface area contributed by atoms with E-state index in [0.717, 1.165) is 65.7 Å². The Kier molecular flexibility index (Phi) is 7.66. The smallest absolute Gasteiger partial charge is 0.135 e. The molecule has 1 heterocycles. The zero-order valence-electron chi connectivity index (χ0n) is 29.6. The van der Waals surface area contributed by atoms with Gasteiger partial charge in [-0.25, -0.2) is 0 Å². The second-order valence-corrected chi connectivity index (χ2v) is 14.2. The highest BCUT2D eigenvalue weighted by Gasteiger charge is 2.25. The van der Waals surface area contributed by atoms with E-state index in [2.05, 4.69) is 48.5 Å². The van der Waals surface area contributed by atoms with Crippen molar-refractivity contribution in [3.05, 3.63) is 121 Å². The molecule has 0 N–H and O–H groups in total. The van der Waals surface area contributed by atoms with Crippen molar-refractivity contribution in [3.63, 3.8) is 0 Å². The highest BCUT2D eigenvalue weighted by atomic mass is 16.3. The zero-order chi connectivity index (χ0) is 37.9. The van der Waals surface area contributed by atoms with Crippen molar-refractivity contribution in [1.82, 2.24) is 0 Å². The molecule has 0 aliphatic carbocycles. The van der Waals surface area contributed by atoms with Gasteiger partial charge in [0.1, 0.15) is 73.9 Å². The van der Waals surface area contributed by atoms with Crippen molar-refractivity contribution in [2.24, 2.45) is 0 Å². The Morgan fingerprint density at radius 2 is 0.782 bits per heavy atom. The molecule has 1 nitrogen and oxygen atoms in total. The van der Waals surface area contributed by atoms with Gasteiger partial charge >= 0.3 is 0 Å². The quantitative estimate of drug-likeness (QED) is 0.207. The Bertz CT molecular complexity index is 3220. The van der Waals surface area contributed by atoms with E-state index < -0.39 is 0 Å². The first-order valence-corrected chi connectivity index (χ1v) is 17.8. The molecule has 9 heteroatoms. The Morgan fingerprint density at radius 3 is 1.44 bits per heavy atom.